The lowest BCUT2D eigenvalue weighted by Gasteiger charge is -2.34. The maximum atomic E-state index is 12.8. The zero-order valence-electron chi connectivity index (χ0n) is 12.3. The normalized spacial score (nSPS) is 24.7. The number of hydrogen-bond donors (Lipinski definition) is 1. The molecule has 0 bridgehead atoms. The second-order valence-electron chi connectivity index (χ2n) is 6.00. The van der Waals surface area contributed by atoms with Crippen LogP contribution in [0.5, 0.6) is 0 Å². The molecule has 0 radical (unpaired) electrons. The van der Waals surface area contributed by atoms with E-state index in [1.165, 1.54) is 17.1 Å². The van der Waals surface area contributed by atoms with Crippen molar-refractivity contribution in [3.63, 3.8) is 0 Å². The first-order valence-corrected chi connectivity index (χ1v) is 9.87. The molecular weight excluding hydrogens is 343 g/mol. The van der Waals surface area contributed by atoms with E-state index in [4.69, 9.17) is 23.2 Å². The van der Waals surface area contributed by atoms with E-state index in [2.05, 4.69) is 5.32 Å². The van der Waals surface area contributed by atoms with Crippen LogP contribution in [0.3, 0.4) is 0 Å². The van der Waals surface area contributed by atoms with Crippen LogP contribution in [0.1, 0.15) is 25.7 Å². The van der Waals surface area contributed by atoms with Crippen LogP contribution < -0.4 is 5.32 Å². The van der Waals surface area contributed by atoms with Gasteiger partial charge in [0.25, 0.3) is 0 Å². The molecule has 2 heterocycles. The minimum absolute atomic E-state index is 0.0378. The topological polar surface area (TPSA) is 49.4 Å². The highest BCUT2D eigenvalue weighted by Crippen LogP contribution is 2.34. The highest BCUT2D eigenvalue weighted by Gasteiger charge is 2.35. The molecule has 2 fully saturated rings. The van der Waals surface area contributed by atoms with Crippen LogP contribution in [0.2, 0.25) is 10.0 Å². The molecular formula is C15H20Cl2N2O2S. The molecule has 0 aromatic heterocycles. The van der Waals surface area contributed by atoms with Gasteiger partial charge in [-0.15, -0.1) is 0 Å². The maximum Gasteiger partial charge on any atom is 0.246 e. The molecule has 0 saturated carbocycles. The fraction of sp³-hybridized carbons (Fsp3) is 0.600. The molecule has 1 unspecified atom stereocenters. The zero-order valence-corrected chi connectivity index (χ0v) is 14.6. The molecule has 1 N–H and O–H groups in total. The Labute approximate surface area is 141 Å². The van der Waals surface area contributed by atoms with Gasteiger partial charge in [-0.25, -0.2) is 8.42 Å². The van der Waals surface area contributed by atoms with Crippen molar-refractivity contribution in [2.75, 3.05) is 19.6 Å². The number of halogens is 2. The fourth-order valence-electron chi connectivity index (χ4n) is 3.49. The van der Waals surface area contributed by atoms with Gasteiger partial charge in [-0.2, -0.15) is 4.31 Å². The van der Waals surface area contributed by atoms with Crippen LogP contribution in [-0.4, -0.2) is 38.4 Å². The third kappa shape index (κ3) is 3.15. The Kier molecular flexibility index (Phi) is 5.00. The van der Waals surface area contributed by atoms with Gasteiger partial charge in [-0.1, -0.05) is 29.3 Å². The zero-order chi connectivity index (χ0) is 15.7. The molecule has 0 aliphatic carbocycles. The van der Waals surface area contributed by atoms with Crippen molar-refractivity contribution in [1.82, 2.24) is 9.62 Å². The lowest BCUT2D eigenvalue weighted by Crippen LogP contribution is -2.43. The number of rotatable bonds is 3. The van der Waals surface area contributed by atoms with Crippen LogP contribution >= 0.6 is 23.2 Å². The lowest BCUT2D eigenvalue weighted by atomic mass is 9.89. The van der Waals surface area contributed by atoms with E-state index >= 15 is 0 Å². The molecule has 0 amide bonds. The maximum absolute atomic E-state index is 12.8. The van der Waals surface area contributed by atoms with Gasteiger partial charge < -0.3 is 5.32 Å². The first-order valence-electron chi connectivity index (χ1n) is 7.67. The molecule has 2 aliphatic heterocycles. The van der Waals surface area contributed by atoms with Gasteiger partial charge in [0, 0.05) is 19.1 Å². The largest absolute Gasteiger partial charge is 0.314 e. The van der Waals surface area contributed by atoms with Crippen molar-refractivity contribution >= 4 is 33.2 Å². The Bertz CT molecular complexity index is 617. The van der Waals surface area contributed by atoms with Gasteiger partial charge in [0.05, 0.1) is 10.0 Å². The van der Waals surface area contributed by atoms with Gasteiger partial charge in [0.1, 0.15) is 4.90 Å². The average Bonchev–Trinajstić information content (AvgIpc) is 3.01. The van der Waals surface area contributed by atoms with Crippen LogP contribution in [-0.2, 0) is 10.0 Å². The molecule has 4 nitrogen and oxygen atoms in total. The summed E-state index contributed by atoms with van der Waals surface area (Å²) in [5.74, 6) is 0.565. The summed E-state index contributed by atoms with van der Waals surface area (Å²) in [6, 6.07) is 5.33. The van der Waals surface area contributed by atoms with E-state index in [9.17, 15) is 8.42 Å². The van der Waals surface area contributed by atoms with E-state index in [0.29, 0.717) is 25.0 Å². The summed E-state index contributed by atoms with van der Waals surface area (Å²) in [5, 5.41) is 3.89. The van der Waals surface area contributed by atoms with E-state index in [-0.39, 0.29) is 14.9 Å². The Hall–Kier alpha value is -0.330. The van der Waals surface area contributed by atoms with Crippen molar-refractivity contribution in [3.05, 3.63) is 28.2 Å². The SMILES string of the molecule is O=S(=O)(c1c(Cl)cccc1Cl)N1CCC(C2CCCN2)CC1. The summed E-state index contributed by atoms with van der Waals surface area (Å²) >= 11 is 12.1. The Balaban J connectivity index is 1.74. The van der Waals surface area contributed by atoms with E-state index < -0.39 is 10.0 Å². The highest BCUT2D eigenvalue weighted by molar-refractivity contribution is 7.89. The van der Waals surface area contributed by atoms with Crippen LogP contribution in [0.25, 0.3) is 0 Å². The molecule has 122 valence electrons. The summed E-state index contributed by atoms with van der Waals surface area (Å²) in [7, 11) is -3.62. The third-order valence-electron chi connectivity index (χ3n) is 4.68. The molecule has 0 spiro atoms. The molecule has 7 heteroatoms. The molecule has 3 rings (SSSR count). The Morgan fingerprint density at radius 1 is 1.09 bits per heavy atom. The number of nitrogens with one attached hydrogen (secondary N) is 1. The summed E-state index contributed by atoms with van der Waals surface area (Å²) in [6.45, 7) is 2.15. The van der Waals surface area contributed by atoms with Crippen LogP contribution in [0.4, 0.5) is 0 Å². The average molecular weight is 363 g/mol. The molecule has 2 saturated heterocycles. The van der Waals surface area contributed by atoms with Crippen molar-refractivity contribution < 1.29 is 8.42 Å². The molecule has 1 atom stereocenters. The summed E-state index contributed by atoms with van der Waals surface area (Å²) < 4.78 is 27.1. The van der Waals surface area contributed by atoms with Gasteiger partial charge in [0.2, 0.25) is 10.0 Å². The standard InChI is InChI=1S/C15H20Cl2N2O2S/c16-12-3-1-4-13(17)15(12)22(20,21)19-9-6-11(7-10-19)14-5-2-8-18-14/h1,3-4,11,14,18H,2,5-10H2. The van der Waals surface area contributed by atoms with Crippen LogP contribution in [0.15, 0.2) is 23.1 Å². The molecule has 2 aliphatic rings. The summed E-state index contributed by atoms with van der Waals surface area (Å²) in [6.07, 6.45) is 4.20. The minimum atomic E-state index is -3.62. The second kappa shape index (κ2) is 6.65. The number of benzene rings is 1. The number of sulfonamides is 1. The smallest absolute Gasteiger partial charge is 0.246 e. The number of hydrogen-bond acceptors (Lipinski definition) is 3. The van der Waals surface area contributed by atoms with E-state index in [1.807, 2.05) is 0 Å². The van der Waals surface area contributed by atoms with Gasteiger partial charge in [-0.05, 0) is 50.3 Å². The van der Waals surface area contributed by atoms with Crippen molar-refractivity contribution in [1.29, 1.82) is 0 Å². The Morgan fingerprint density at radius 3 is 2.27 bits per heavy atom. The Morgan fingerprint density at radius 2 is 1.73 bits per heavy atom. The van der Waals surface area contributed by atoms with Crippen LogP contribution in [0, 0.1) is 5.92 Å². The lowest BCUT2D eigenvalue weighted by molar-refractivity contribution is 0.234. The van der Waals surface area contributed by atoms with Crippen molar-refractivity contribution in [2.24, 2.45) is 5.92 Å². The number of piperidine rings is 1. The first-order chi connectivity index (χ1) is 10.5. The summed E-state index contributed by atoms with van der Waals surface area (Å²) in [4.78, 5) is 0.0378. The van der Waals surface area contributed by atoms with E-state index in [0.717, 1.165) is 19.4 Å². The predicted octanol–water partition coefficient (Wildman–Crippen LogP) is 3.15. The molecule has 1 aromatic rings. The van der Waals surface area contributed by atoms with Crippen molar-refractivity contribution in [2.45, 2.75) is 36.6 Å². The van der Waals surface area contributed by atoms with Crippen molar-refractivity contribution in [3.8, 4) is 0 Å². The molecule has 22 heavy (non-hydrogen) atoms. The number of nitrogens with zero attached hydrogens (tertiary/aromatic N) is 1. The highest BCUT2D eigenvalue weighted by atomic mass is 35.5. The third-order valence-corrected chi connectivity index (χ3v) is 7.54. The van der Waals surface area contributed by atoms with Gasteiger partial charge >= 0.3 is 0 Å². The van der Waals surface area contributed by atoms with Gasteiger partial charge in [-0.3, -0.25) is 0 Å². The predicted molar refractivity (Wildman–Crippen MR) is 89.0 cm³/mol. The minimum Gasteiger partial charge on any atom is -0.314 e. The molecule has 1 aromatic carbocycles. The second-order valence-corrected chi connectivity index (χ2v) is 8.68. The first kappa shape index (κ1) is 16.5. The summed E-state index contributed by atoms with van der Waals surface area (Å²) in [5.41, 5.74) is 0. The fourth-order valence-corrected chi connectivity index (χ4v) is 6.05. The monoisotopic (exact) mass is 362 g/mol. The van der Waals surface area contributed by atoms with E-state index in [1.54, 1.807) is 18.2 Å². The quantitative estimate of drug-likeness (QED) is 0.898. The van der Waals surface area contributed by atoms with Gasteiger partial charge in [0.15, 0.2) is 0 Å².